The molecule has 1 heterocycles. The van der Waals surface area contributed by atoms with E-state index < -0.39 is 0 Å². The van der Waals surface area contributed by atoms with Gasteiger partial charge in [0.25, 0.3) is 5.56 Å². The number of benzene rings is 1. The van der Waals surface area contributed by atoms with Crippen molar-refractivity contribution >= 4 is 50.0 Å². The fourth-order valence-corrected chi connectivity index (χ4v) is 3.45. The van der Waals surface area contributed by atoms with Crippen LogP contribution in [0.2, 0.25) is 10.3 Å². The Kier molecular flexibility index (Phi) is 3.58. The molecule has 0 bridgehead atoms. The van der Waals surface area contributed by atoms with Gasteiger partial charge in [-0.15, -0.1) is 0 Å². The highest BCUT2D eigenvalue weighted by atomic mass is 79.9. The van der Waals surface area contributed by atoms with Crippen LogP contribution in [0.4, 0.5) is 0 Å². The van der Waals surface area contributed by atoms with Gasteiger partial charge in [0.1, 0.15) is 0 Å². The lowest BCUT2D eigenvalue weighted by atomic mass is 9.85. The highest BCUT2D eigenvalue weighted by molar-refractivity contribution is 9.10. The molecule has 0 spiro atoms. The molecule has 1 aliphatic rings. The first-order valence-corrected chi connectivity index (χ1v) is 7.66. The van der Waals surface area contributed by atoms with E-state index in [0.29, 0.717) is 32.9 Å². The molecule has 0 unspecified atom stereocenters. The molecule has 0 atom stereocenters. The molecule has 0 saturated heterocycles. The highest BCUT2D eigenvalue weighted by Gasteiger charge is 2.21. The second-order valence-corrected chi connectivity index (χ2v) is 6.51. The molecule has 2 aromatic rings. The van der Waals surface area contributed by atoms with E-state index in [1.807, 2.05) is 0 Å². The first-order valence-electron chi connectivity index (χ1n) is 6.11. The van der Waals surface area contributed by atoms with Crippen LogP contribution in [0.1, 0.15) is 19.3 Å². The summed E-state index contributed by atoms with van der Waals surface area (Å²) in [6, 6.07) is 3.35. The van der Waals surface area contributed by atoms with Gasteiger partial charge in [-0.05, 0) is 58.4 Å². The summed E-state index contributed by atoms with van der Waals surface area (Å²) < 4.78 is 2.24. The summed E-state index contributed by atoms with van der Waals surface area (Å²) in [7, 11) is 0. The number of nitrogens with zero attached hydrogens (tertiary/aromatic N) is 2. The SMILES string of the molecule is O=c1c2cc(Cl)cc(Br)c2nc(Cl)n1CC1CCC1. The molecule has 0 aliphatic heterocycles. The molecule has 0 radical (unpaired) electrons. The molecule has 19 heavy (non-hydrogen) atoms. The number of hydrogen-bond acceptors (Lipinski definition) is 2. The van der Waals surface area contributed by atoms with Crippen LogP contribution in [0.5, 0.6) is 0 Å². The minimum absolute atomic E-state index is 0.120. The Morgan fingerprint density at radius 1 is 1.37 bits per heavy atom. The molecule has 3 rings (SSSR count). The van der Waals surface area contributed by atoms with E-state index in [1.165, 1.54) is 6.42 Å². The lowest BCUT2D eigenvalue weighted by molar-refractivity contribution is 0.273. The molecule has 1 aromatic carbocycles. The molecule has 1 aromatic heterocycles. The van der Waals surface area contributed by atoms with Crippen molar-refractivity contribution in [2.75, 3.05) is 0 Å². The van der Waals surface area contributed by atoms with Crippen molar-refractivity contribution in [1.82, 2.24) is 9.55 Å². The molecule has 1 saturated carbocycles. The van der Waals surface area contributed by atoms with Crippen molar-refractivity contribution in [2.24, 2.45) is 5.92 Å². The van der Waals surface area contributed by atoms with Gasteiger partial charge in [0.2, 0.25) is 5.28 Å². The molecule has 100 valence electrons. The Morgan fingerprint density at radius 3 is 2.74 bits per heavy atom. The minimum atomic E-state index is -0.120. The van der Waals surface area contributed by atoms with E-state index in [1.54, 1.807) is 16.7 Å². The van der Waals surface area contributed by atoms with E-state index in [-0.39, 0.29) is 10.8 Å². The van der Waals surface area contributed by atoms with E-state index in [2.05, 4.69) is 20.9 Å². The smallest absolute Gasteiger partial charge is 0.262 e. The number of fused-ring (bicyclic) bond motifs is 1. The number of aromatic nitrogens is 2. The molecule has 6 heteroatoms. The zero-order valence-electron chi connectivity index (χ0n) is 10.00. The first kappa shape index (κ1) is 13.4. The van der Waals surface area contributed by atoms with Crippen LogP contribution in [0.15, 0.2) is 21.4 Å². The summed E-state index contributed by atoms with van der Waals surface area (Å²) >= 11 is 15.5. The summed E-state index contributed by atoms with van der Waals surface area (Å²) in [5.41, 5.74) is 0.439. The fraction of sp³-hybridized carbons (Fsp3) is 0.385. The van der Waals surface area contributed by atoms with Crippen LogP contribution in [-0.2, 0) is 6.54 Å². The van der Waals surface area contributed by atoms with E-state index in [0.717, 1.165) is 12.8 Å². The predicted molar refractivity (Wildman–Crippen MR) is 81.1 cm³/mol. The van der Waals surface area contributed by atoms with Gasteiger partial charge in [0.15, 0.2) is 0 Å². The quantitative estimate of drug-likeness (QED) is 0.749. The highest BCUT2D eigenvalue weighted by Crippen LogP contribution is 2.30. The van der Waals surface area contributed by atoms with Gasteiger partial charge in [0, 0.05) is 16.0 Å². The topological polar surface area (TPSA) is 34.9 Å². The van der Waals surface area contributed by atoms with Crippen molar-refractivity contribution in [1.29, 1.82) is 0 Å². The zero-order chi connectivity index (χ0) is 13.6. The second-order valence-electron chi connectivity index (χ2n) is 4.88. The first-order chi connectivity index (χ1) is 9.06. The lowest BCUT2D eigenvalue weighted by Crippen LogP contribution is -2.28. The monoisotopic (exact) mass is 360 g/mol. The maximum atomic E-state index is 12.5. The van der Waals surface area contributed by atoms with Crippen LogP contribution < -0.4 is 5.56 Å². The maximum Gasteiger partial charge on any atom is 0.262 e. The Balaban J connectivity index is 2.20. The number of halogens is 3. The summed E-state index contributed by atoms with van der Waals surface area (Å²) in [5, 5.41) is 1.26. The van der Waals surface area contributed by atoms with Crippen LogP contribution in [0.3, 0.4) is 0 Å². The van der Waals surface area contributed by atoms with Gasteiger partial charge in [-0.2, -0.15) is 0 Å². The van der Waals surface area contributed by atoms with E-state index in [9.17, 15) is 4.79 Å². The predicted octanol–water partition coefficient (Wildman–Crippen LogP) is 4.27. The third-order valence-corrected chi connectivity index (χ3v) is 4.71. The van der Waals surface area contributed by atoms with Gasteiger partial charge < -0.3 is 0 Å². The van der Waals surface area contributed by atoms with Gasteiger partial charge in [-0.25, -0.2) is 4.98 Å². The van der Waals surface area contributed by atoms with Crippen molar-refractivity contribution < 1.29 is 0 Å². The minimum Gasteiger partial charge on any atom is -0.282 e. The van der Waals surface area contributed by atoms with Gasteiger partial charge in [-0.3, -0.25) is 9.36 Å². The van der Waals surface area contributed by atoms with Crippen LogP contribution in [0.25, 0.3) is 10.9 Å². The third kappa shape index (κ3) is 2.41. The standard InChI is InChI=1S/C13H11BrCl2N2O/c14-10-5-8(15)4-9-11(10)17-13(16)18(12(9)19)6-7-2-1-3-7/h4-5,7H,1-3,6H2. The van der Waals surface area contributed by atoms with Gasteiger partial charge in [-0.1, -0.05) is 18.0 Å². The summed E-state index contributed by atoms with van der Waals surface area (Å²) in [4.78, 5) is 16.8. The Hall–Kier alpha value is -0.580. The molecular weight excluding hydrogens is 351 g/mol. The average Bonchev–Trinajstić information content (AvgIpc) is 2.28. The fourth-order valence-electron chi connectivity index (χ4n) is 2.32. The van der Waals surface area contributed by atoms with E-state index in [4.69, 9.17) is 23.2 Å². The third-order valence-electron chi connectivity index (χ3n) is 3.60. The number of hydrogen-bond donors (Lipinski definition) is 0. The molecule has 0 N–H and O–H groups in total. The van der Waals surface area contributed by atoms with E-state index >= 15 is 0 Å². The normalized spacial score (nSPS) is 15.7. The van der Waals surface area contributed by atoms with Crippen LogP contribution in [0, 0.1) is 5.92 Å². The Bertz CT molecular complexity index is 710. The van der Waals surface area contributed by atoms with Crippen molar-refractivity contribution in [3.63, 3.8) is 0 Å². The zero-order valence-corrected chi connectivity index (χ0v) is 13.1. The Morgan fingerprint density at radius 2 is 2.11 bits per heavy atom. The van der Waals surface area contributed by atoms with Crippen molar-refractivity contribution in [3.05, 3.63) is 37.3 Å². The van der Waals surface area contributed by atoms with Crippen LogP contribution in [-0.4, -0.2) is 9.55 Å². The molecule has 0 amide bonds. The molecule has 1 fully saturated rings. The lowest BCUT2D eigenvalue weighted by Gasteiger charge is -2.26. The summed E-state index contributed by atoms with van der Waals surface area (Å²) in [5.74, 6) is 0.539. The average molecular weight is 362 g/mol. The summed E-state index contributed by atoms with van der Waals surface area (Å²) in [6.07, 6.45) is 3.54. The number of rotatable bonds is 2. The molecule has 3 nitrogen and oxygen atoms in total. The Labute approximate surface area is 128 Å². The maximum absolute atomic E-state index is 12.5. The molecular formula is C13H11BrCl2N2O. The van der Waals surface area contributed by atoms with Crippen molar-refractivity contribution in [3.8, 4) is 0 Å². The molecule has 1 aliphatic carbocycles. The van der Waals surface area contributed by atoms with Gasteiger partial charge >= 0.3 is 0 Å². The van der Waals surface area contributed by atoms with Crippen molar-refractivity contribution in [2.45, 2.75) is 25.8 Å². The van der Waals surface area contributed by atoms with Crippen LogP contribution >= 0.6 is 39.1 Å². The largest absolute Gasteiger partial charge is 0.282 e. The summed E-state index contributed by atoms with van der Waals surface area (Å²) in [6.45, 7) is 0.644. The van der Waals surface area contributed by atoms with Gasteiger partial charge in [0.05, 0.1) is 10.9 Å². The second kappa shape index (κ2) is 5.08.